The van der Waals surface area contributed by atoms with E-state index in [4.69, 9.17) is 14.2 Å². The van der Waals surface area contributed by atoms with E-state index >= 15 is 0 Å². The number of aryl methyl sites for hydroxylation is 2. The lowest BCUT2D eigenvalue weighted by atomic mass is 10.1. The summed E-state index contributed by atoms with van der Waals surface area (Å²) in [4.78, 5) is 12.2. The first-order valence-electron chi connectivity index (χ1n) is 8.99. The molecule has 2 aromatic carbocycles. The molecule has 0 spiro atoms. The minimum atomic E-state index is -4.05. The largest absolute Gasteiger partial charge is 0.486 e. The first-order valence-corrected chi connectivity index (χ1v) is 10.4. The van der Waals surface area contributed by atoms with Crippen molar-refractivity contribution < 1.29 is 27.4 Å². The molecular weight excluding hydrogens is 382 g/mol. The van der Waals surface area contributed by atoms with Crippen molar-refractivity contribution in [1.82, 2.24) is 0 Å². The van der Waals surface area contributed by atoms with Crippen LogP contribution in [0.2, 0.25) is 0 Å². The third kappa shape index (κ3) is 3.91. The summed E-state index contributed by atoms with van der Waals surface area (Å²) in [5.74, 6) is 0.241. The van der Waals surface area contributed by atoms with E-state index in [1.807, 2.05) is 6.07 Å². The second-order valence-corrected chi connectivity index (χ2v) is 8.22. The zero-order valence-corrected chi connectivity index (χ0v) is 16.9. The fraction of sp³-hybridized carbons (Fsp3) is 0.350. The lowest BCUT2D eigenvalue weighted by Gasteiger charge is -2.27. The number of hydrogen-bond donors (Lipinski definition) is 0. The molecule has 3 rings (SSSR count). The van der Waals surface area contributed by atoms with Crippen LogP contribution in [0.15, 0.2) is 41.3 Å². The normalized spacial score (nSPS) is 13.1. The van der Waals surface area contributed by atoms with Crippen molar-refractivity contribution in [1.29, 1.82) is 0 Å². The van der Waals surface area contributed by atoms with Crippen molar-refractivity contribution >= 4 is 21.7 Å². The molecule has 0 bridgehead atoms. The molecule has 0 atom stereocenters. The molecule has 8 heteroatoms. The molecule has 0 saturated heterocycles. The van der Waals surface area contributed by atoms with Gasteiger partial charge in [-0.3, -0.25) is 9.10 Å². The van der Waals surface area contributed by atoms with Gasteiger partial charge in [0.25, 0.3) is 10.0 Å². The number of carbonyl (C=O) groups excluding carboxylic acids is 1. The maximum atomic E-state index is 13.5. The number of sulfonamides is 1. The van der Waals surface area contributed by atoms with Gasteiger partial charge in [-0.25, -0.2) is 8.42 Å². The summed E-state index contributed by atoms with van der Waals surface area (Å²) >= 11 is 0. The predicted octanol–water partition coefficient (Wildman–Crippen LogP) is 2.83. The highest BCUT2D eigenvalue weighted by Gasteiger charge is 2.31. The molecule has 0 aliphatic carbocycles. The Morgan fingerprint density at radius 3 is 2.36 bits per heavy atom. The number of hydrogen-bond acceptors (Lipinski definition) is 6. The van der Waals surface area contributed by atoms with Crippen LogP contribution in [0, 0.1) is 13.8 Å². The van der Waals surface area contributed by atoms with Gasteiger partial charge in [-0.05, 0) is 44.0 Å². The second kappa shape index (κ2) is 8.10. The van der Waals surface area contributed by atoms with Gasteiger partial charge in [0.1, 0.15) is 19.8 Å². The van der Waals surface area contributed by atoms with Crippen molar-refractivity contribution in [3.05, 3.63) is 47.5 Å². The van der Waals surface area contributed by atoms with Crippen molar-refractivity contribution in [2.75, 3.05) is 30.7 Å². The number of rotatable bonds is 6. The topological polar surface area (TPSA) is 82.1 Å². The quantitative estimate of drug-likeness (QED) is 0.688. The summed E-state index contributed by atoms with van der Waals surface area (Å²) in [5.41, 5.74) is 1.95. The molecule has 0 fully saturated rings. The summed E-state index contributed by atoms with van der Waals surface area (Å²) in [7, 11) is -4.05. The van der Waals surface area contributed by atoms with Crippen molar-refractivity contribution in [2.24, 2.45) is 0 Å². The Labute approximate surface area is 164 Å². The molecule has 2 aromatic rings. The van der Waals surface area contributed by atoms with Crippen LogP contribution in [0.3, 0.4) is 0 Å². The van der Waals surface area contributed by atoms with E-state index in [1.165, 1.54) is 12.1 Å². The number of nitrogens with zero attached hydrogens (tertiary/aromatic N) is 1. The van der Waals surface area contributed by atoms with Crippen LogP contribution in [0.25, 0.3) is 0 Å². The van der Waals surface area contributed by atoms with Crippen LogP contribution < -0.4 is 13.8 Å². The molecule has 7 nitrogen and oxygen atoms in total. The molecular formula is C20H23NO6S. The summed E-state index contributed by atoms with van der Waals surface area (Å²) in [5, 5.41) is 0. The molecule has 0 N–H and O–H groups in total. The van der Waals surface area contributed by atoms with Crippen LogP contribution >= 0.6 is 0 Å². The highest BCUT2D eigenvalue weighted by atomic mass is 32.2. The Morgan fingerprint density at radius 2 is 1.71 bits per heavy atom. The van der Waals surface area contributed by atoms with Crippen molar-refractivity contribution in [2.45, 2.75) is 25.7 Å². The van der Waals surface area contributed by atoms with Gasteiger partial charge in [0.05, 0.1) is 17.2 Å². The summed E-state index contributed by atoms with van der Waals surface area (Å²) in [6, 6.07) is 9.89. The van der Waals surface area contributed by atoms with Crippen LogP contribution in [0.5, 0.6) is 11.5 Å². The lowest BCUT2D eigenvalue weighted by molar-refractivity contribution is -0.141. The molecule has 1 heterocycles. The van der Waals surface area contributed by atoms with Gasteiger partial charge in [-0.15, -0.1) is 0 Å². The lowest BCUT2D eigenvalue weighted by Crippen LogP contribution is -2.37. The SMILES string of the molecule is CCOC(=O)CN(c1c(C)cccc1C)S(=O)(=O)c1ccc2c(c1)OCCO2. The zero-order chi connectivity index (χ0) is 20.3. The fourth-order valence-electron chi connectivity index (χ4n) is 3.12. The predicted molar refractivity (Wildman–Crippen MR) is 105 cm³/mol. The van der Waals surface area contributed by atoms with Gasteiger partial charge in [0.2, 0.25) is 0 Å². The van der Waals surface area contributed by atoms with Crippen LogP contribution in [0.1, 0.15) is 18.1 Å². The summed E-state index contributed by atoms with van der Waals surface area (Å²) in [6.45, 7) is 5.80. The molecule has 0 radical (unpaired) electrons. The van der Waals surface area contributed by atoms with E-state index in [0.29, 0.717) is 30.4 Å². The summed E-state index contributed by atoms with van der Waals surface area (Å²) < 4.78 is 44.0. The van der Waals surface area contributed by atoms with Crippen LogP contribution in [0.4, 0.5) is 5.69 Å². The number of fused-ring (bicyclic) bond motifs is 1. The number of benzene rings is 2. The van der Waals surface area contributed by atoms with Gasteiger partial charge >= 0.3 is 5.97 Å². The van der Waals surface area contributed by atoms with E-state index in [0.717, 1.165) is 15.4 Å². The molecule has 28 heavy (non-hydrogen) atoms. The van der Waals surface area contributed by atoms with Crippen molar-refractivity contribution in [3.8, 4) is 11.5 Å². The minimum Gasteiger partial charge on any atom is -0.486 e. The molecule has 0 unspecified atom stereocenters. The maximum Gasteiger partial charge on any atom is 0.326 e. The smallest absolute Gasteiger partial charge is 0.326 e. The summed E-state index contributed by atoms with van der Waals surface area (Å²) in [6.07, 6.45) is 0. The highest BCUT2D eigenvalue weighted by molar-refractivity contribution is 7.92. The van der Waals surface area contributed by atoms with Crippen LogP contribution in [-0.4, -0.2) is 40.8 Å². The standard InChI is InChI=1S/C20H23NO6S/c1-4-25-19(22)13-21(20-14(2)6-5-7-15(20)3)28(23,24)16-8-9-17-18(12-16)27-11-10-26-17/h5-9,12H,4,10-11,13H2,1-3H3. The molecule has 0 amide bonds. The number of para-hydroxylation sites is 1. The van der Waals surface area contributed by atoms with Gasteiger partial charge in [0, 0.05) is 6.07 Å². The molecule has 1 aliphatic heterocycles. The average Bonchev–Trinajstić information content (AvgIpc) is 2.66. The Bertz CT molecular complexity index is 966. The Hall–Kier alpha value is -2.74. The third-order valence-corrected chi connectivity index (χ3v) is 6.11. The number of esters is 1. The Morgan fingerprint density at radius 1 is 1.07 bits per heavy atom. The molecule has 0 saturated carbocycles. The number of carbonyl (C=O) groups is 1. The third-order valence-electron chi connectivity index (χ3n) is 4.37. The van der Waals surface area contributed by atoms with Gasteiger partial charge in [0.15, 0.2) is 11.5 Å². The van der Waals surface area contributed by atoms with E-state index in [1.54, 1.807) is 39.0 Å². The van der Waals surface area contributed by atoms with E-state index in [9.17, 15) is 13.2 Å². The zero-order valence-electron chi connectivity index (χ0n) is 16.1. The first-order chi connectivity index (χ1) is 13.3. The minimum absolute atomic E-state index is 0.0173. The monoisotopic (exact) mass is 405 g/mol. The Kier molecular flexibility index (Phi) is 5.79. The van der Waals surface area contributed by atoms with E-state index in [2.05, 4.69) is 0 Å². The number of ether oxygens (including phenoxy) is 3. The maximum absolute atomic E-state index is 13.5. The fourth-order valence-corrected chi connectivity index (χ4v) is 4.67. The Balaban J connectivity index is 2.09. The van der Waals surface area contributed by atoms with E-state index in [-0.39, 0.29) is 11.5 Å². The molecule has 1 aliphatic rings. The van der Waals surface area contributed by atoms with E-state index < -0.39 is 22.5 Å². The van der Waals surface area contributed by atoms with Crippen molar-refractivity contribution in [3.63, 3.8) is 0 Å². The van der Waals surface area contributed by atoms with Crippen LogP contribution in [-0.2, 0) is 19.6 Å². The van der Waals surface area contributed by atoms with Gasteiger partial charge in [-0.1, -0.05) is 18.2 Å². The first kappa shape index (κ1) is 20.0. The average molecular weight is 405 g/mol. The van der Waals surface area contributed by atoms with Gasteiger partial charge < -0.3 is 14.2 Å². The highest BCUT2D eigenvalue weighted by Crippen LogP contribution is 2.35. The van der Waals surface area contributed by atoms with Gasteiger partial charge in [-0.2, -0.15) is 0 Å². The number of anilines is 1. The molecule has 0 aromatic heterocycles. The second-order valence-electron chi connectivity index (χ2n) is 6.36. The molecule has 150 valence electrons.